The number of fused-ring (bicyclic) bond motifs is 1. The Morgan fingerprint density at radius 2 is 1.64 bits per heavy atom. The molecule has 0 aliphatic carbocycles. The van der Waals surface area contributed by atoms with Crippen molar-refractivity contribution >= 4 is 29.3 Å². The van der Waals surface area contributed by atoms with Gasteiger partial charge in [0.2, 0.25) is 5.91 Å². The minimum atomic E-state index is -0.546. The van der Waals surface area contributed by atoms with Crippen LogP contribution in [0.15, 0.2) is 42.5 Å². The molecule has 0 radical (unpaired) electrons. The zero-order valence-electron chi connectivity index (χ0n) is 21.8. The second kappa shape index (κ2) is 10.2. The maximum atomic E-state index is 13.3. The molecule has 2 aromatic carbocycles. The Kier molecular flexibility index (Phi) is 7.24. The van der Waals surface area contributed by atoms with Crippen LogP contribution in [0.25, 0.3) is 0 Å². The largest absolute Gasteiger partial charge is 0.444 e. The Hall–Kier alpha value is -3.55. The van der Waals surface area contributed by atoms with E-state index in [0.717, 1.165) is 42.7 Å². The van der Waals surface area contributed by atoms with Gasteiger partial charge in [0, 0.05) is 57.6 Å². The van der Waals surface area contributed by atoms with Crippen molar-refractivity contribution in [3.05, 3.63) is 59.2 Å². The van der Waals surface area contributed by atoms with Gasteiger partial charge in [0.05, 0.1) is 5.56 Å². The van der Waals surface area contributed by atoms with Gasteiger partial charge in [-0.25, -0.2) is 4.79 Å². The number of para-hydroxylation sites is 1. The number of carbonyl (C=O) groups is 3. The molecular formula is C28H36N4O4. The molecule has 0 unspecified atom stereocenters. The van der Waals surface area contributed by atoms with Crippen molar-refractivity contribution in [2.75, 3.05) is 37.4 Å². The molecular weight excluding hydrogens is 456 g/mol. The summed E-state index contributed by atoms with van der Waals surface area (Å²) in [5, 5.41) is 3.03. The molecule has 3 amide bonds. The SMILES string of the molecule is CN(C)C(=O)C1CCN(c2ccccc2C(=O)Nc2ccc3c(c2)CN(C(=O)OC(C)(C)C)C3)CC1. The number of benzene rings is 2. The predicted molar refractivity (Wildman–Crippen MR) is 140 cm³/mol. The van der Waals surface area contributed by atoms with E-state index in [2.05, 4.69) is 10.2 Å². The maximum Gasteiger partial charge on any atom is 0.410 e. The van der Waals surface area contributed by atoms with Gasteiger partial charge in [0.15, 0.2) is 0 Å². The molecule has 1 N–H and O–H groups in total. The highest BCUT2D eigenvalue weighted by atomic mass is 16.6. The van der Waals surface area contributed by atoms with Crippen LogP contribution in [0.3, 0.4) is 0 Å². The van der Waals surface area contributed by atoms with Gasteiger partial charge in [-0.3, -0.25) is 14.5 Å². The standard InChI is InChI=1S/C28H36N4O4/c1-28(2,3)36-27(35)32-17-20-10-11-22(16-21(20)18-32)29-25(33)23-8-6-7-9-24(23)31-14-12-19(13-15-31)26(34)30(4)5/h6-11,16,19H,12-15,17-18H2,1-5H3,(H,29,33). The minimum Gasteiger partial charge on any atom is -0.444 e. The van der Waals surface area contributed by atoms with Crippen LogP contribution in [0.5, 0.6) is 0 Å². The van der Waals surface area contributed by atoms with Gasteiger partial charge in [-0.1, -0.05) is 18.2 Å². The van der Waals surface area contributed by atoms with Crippen LogP contribution in [0.2, 0.25) is 0 Å². The van der Waals surface area contributed by atoms with E-state index in [4.69, 9.17) is 4.74 Å². The fourth-order valence-corrected chi connectivity index (χ4v) is 4.80. The summed E-state index contributed by atoms with van der Waals surface area (Å²) in [7, 11) is 3.59. The number of anilines is 2. The zero-order chi connectivity index (χ0) is 26.0. The quantitative estimate of drug-likeness (QED) is 0.680. The highest BCUT2D eigenvalue weighted by Crippen LogP contribution is 2.30. The van der Waals surface area contributed by atoms with E-state index < -0.39 is 5.60 Å². The van der Waals surface area contributed by atoms with Crippen molar-refractivity contribution in [1.82, 2.24) is 9.80 Å². The fraction of sp³-hybridized carbons (Fsp3) is 0.464. The molecule has 1 saturated heterocycles. The molecule has 0 atom stereocenters. The average Bonchev–Trinajstić information content (AvgIpc) is 3.26. The molecule has 192 valence electrons. The molecule has 4 rings (SSSR count). The van der Waals surface area contributed by atoms with Gasteiger partial charge < -0.3 is 19.9 Å². The Bertz CT molecular complexity index is 1150. The van der Waals surface area contributed by atoms with Crippen molar-refractivity contribution in [3.63, 3.8) is 0 Å². The van der Waals surface area contributed by atoms with Gasteiger partial charge in [-0.05, 0) is 69.0 Å². The number of piperidine rings is 1. The lowest BCUT2D eigenvalue weighted by Crippen LogP contribution is -2.40. The third-order valence-corrected chi connectivity index (χ3v) is 6.61. The number of rotatable bonds is 4. The highest BCUT2D eigenvalue weighted by molar-refractivity contribution is 6.08. The summed E-state index contributed by atoms with van der Waals surface area (Å²) in [6.07, 6.45) is 1.20. The normalized spacial score (nSPS) is 15.9. The smallest absolute Gasteiger partial charge is 0.410 e. The molecule has 0 saturated carbocycles. The molecule has 8 nitrogen and oxygen atoms in total. The van der Waals surface area contributed by atoms with Gasteiger partial charge in [0.25, 0.3) is 5.91 Å². The van der Waals surface area contributed by atoms with Crippen molar-refractivity contribution in [2.24, 2.45) is 5.92 Å². The molecule has 2 aromatic rings. The van der Waals surface area contributed by atoms with E-state index in [9.17, 15) is 14.4 Å². The third-order valence-electron chi connectivity index (χ3n) is 6.61. The summed E-state index contributed by atoms with van der Waals surface area (Å²) >= 11 is 0. The van der Waals surface area contributed by atoms with Crippen LogP contribution in [0, 0.1) is 5.92 Å². The first-order valence-electron chi connectivity index (χ1n) is 12.5. The summed E-state index contributed by atoms with van der Waals surface area (Å²) in [4.78, 5) is 43.6. The average molecular weight is 493 g/mol. The number of ether oxygens (including phenoxy) is 1. The second-order valence-electron chi connectivity index (χ2n) is 10.8. The van der Waals surface area contributed by atoms with Crippen molar-refractivity contribution in [3.8, 4) is 0 Å². The number of hydrogen-bond acceptors (Lipinski definition) is 5. The van der Waals surface area contributed by atoms with E-state index >= 15 is 0 Å². The summed E-state index contributed by atoms with van der Waals surface area (Å²) in [6, 6.07) is 13.3. The molecule has 2 aliphatic rings. The number of carbonyl (C=O) groups excluding carboxylic acids is 3. The van der Waals surface area contributed by atoms with E-state index in [1.54, 1.807) is 23.9 Å². The molecule has 36 heavy (non-hydrogen) atoms. The highest BCUT2D eigenvalue weighted by Gasteiger charge is 2.29. The van der Waals surface area contributed by atoms with E-state index in [1.807, 2.05) is 63.2 Å². The number of amides is 3. The Balaban J connectivity index is 1.42. The van der Waals surface area contributed by atoms with Gasteiger partial charge >= 0.3 is 6.09 Å². The lowest BCUT2D eigenvalue weighted by Gasteiger charge is -2.34. The summed E-state index contributed by atoms with van der Waals surface area (Å²) in [6.45, 7) is 7.96. The Morgan fingerprint density at radius 1 is 0.972 bits per heavy atom. The van der Waals surface area contributed by atoms with E-state index in [0.29, 0.717) is 24.3 Å². The van der Waals surface area contributed by atoms with Crippen LogP contribution < -0.4 is 10.2 Å². The molecule has 1 fully saturated rings. The molecule has 2 heterocycles. The van der Waals surface area contributed by atoms with Gasteiger partial charge in [-0.15, -0.1) is 0 Å². The van der Waals surface area contributed by atoms with Crippen molar-refractivity contribution in [2.45, 2.75) is 52.3 Å². The lowest BCUT2D eigenvalue weighted by molar-refractivity contribution is -0.133. The monoisotopic (exact) mass is 492 g/mol. The first-order chi connectivity index (χ1) is 17.0. The number of nitrogens with zero attached hydrogens (tertiary/aromatic N) is 3. The van der Waals surface area contributed by atoms with Crippen LogP contribution in [-0.4, -0.2) is 60.5 Å². The van der Waals surface area contributed by atoms with E-state index in [1.165, 1.54) is 0 Å². The van der Waals surface area contributed by atoms with Crippen LogP contribution >= 0.6 is 0 Å². The van der Waals surface area contributed by atoms with Crippen LogP contribution in [-0.2, 0) is 22.6 Å². The second-order valence-corrected chi connectivity index (χ2v) is 10.8. The van der Waals surface area contributed by atoms with Gasteiger partial charge in [0.1, 0.15) is 5.60 Å². The molecule has 0 aromatic heterocycles. The fourth-order valence-electron chi connectivity index (χ4n) is 4.80. The van der Waals surface area contributed by atoms with Crippen molar-refractivity contribution in [1.29, 1.82) is 0 Å². The molecule has 0 bridgehead atoms. The predicted octanol–water partition coefficient (Wildman–Crippen LogP) is 4.49. The summed E-state index contributed by atoms with van der Waals surface area (Å²) in [5.41, 5.74) is 3.67. The lowest BCUT2D eigenvalue weighted by atomic mass is 9.94. The Labute approximate surface area is 213 Å². The minimum absolute atomic E-state index is 0.0314. The van der Waals surface area contributed by atoms with Gasteiger partial charge in [-0.2, -0.15) is 0 Å². The number of hydrogen-bond donors (Lipinski definition) is 1. The first-order valence-corrected chi connectivity index (χ1v) is 12.5. The zero-order valence-corrected chi connectivity index (χ0v) is 21.8. The molecule has 2 aliphatic heterocycles. The van der Waals surface area contributed by atoms with Crippen molar-refractivity contribution < 1.29 is 19.1 Å². The molecule has 0 spiro atoms. The first kappa shape index (κ1) is 25.5. The third kappa shape index (κ3) is 5.80. The topological polar surface area (TPSA) is 82.2 Å². The Morgan fingerprint density at radius 3 is 2.31 bits per heavy atom. The maximum absolute atomic E-state index is 13.3. The summed E-state index contributed by atoms with van der Waals surface area (Å²) < 4.78 is 5.50. The number of nitrogens with one attached hydrogen (secondary N) is 1. The molecule has 8 heteroatoms. The van der Waals surface area contributed by atoms with E-state index in [-0.39, 0.29) is 23.8 Å². The van der Waals surface area contributed by atoms with Crippen LogP contribution in [0.1, 0.15) is 55.1 Å². The van der Waals surface area contributed by atoms with Crippen LogP contribution in [0.4, 0.5) is 16.2 Å². The summed E-state index contributed by atoms with van der Waals surface area (Å²) in [5.74, 6) is 0.0189.